The first kappa shape index (κ1) is 17.8. The molecule has 1 aromatic rings. The highest BCUT2D eigenvalue weighted by Crippen LogP contribution is 2.27. The molecule has 1 atom stereocenters. The van der Waals surface area contributed by atoms with Gasteiger partial charge in [-0.1, -0.05) is 11.6 Å². The molecule has 1 fully saturated rings. The van der Waals surface area contributed by atoms with Gasteiger partial charge in [0.2, 0.25) is 0 Å². The van der Waals surface area contributed by atoms with Crippen molar-refractivity contribution in [1.29, 1.82) is 0 Å². The zero-order valence-electron chi connectivity index (χ0n) is 13.9. The van der Waals surface area contributed by atoms with Crippen LogP contribution < -0.4 is 15.5 Å². The molecule has 1 aliphatic heterocycles. The fraction of sp³-hybridized carbons (Fsp3) is 0.562. The molecule has 2 rings (SSSR count). The largest absolute Gasteiger partial charge is 0.379 e. The molecule has 1 aromatic carbocycles. The fourth-order valence-electron chi connectivity index (χ4n) is 2.51. The molecule has 6 nitrogen and oxygen atoms in total. The molecule has 1 saturated heterocycles. The van der Waals surface area contributed by atoms with Crippen molar-refractivity contribution in [2.45, 2.75) is 13.0 Å². The SMILES string of the molecule is CC(CNC(=O)Nc1ccc(N(C)C)c(Cl)c1)N1CCOCC1. The van der Waals surface area contributed by atoms with Crippen LogP contribution in [0.4, 0.5) is 16.2 Å². The first-order chi connectivity index (χ1) is 11.0. The Balaban J connectivity index is 1.81. The lowest BCUT2D eigenvalue weighted by Crippen LogP contribution is -2.47. The Morgan fingerprint density at radius 2 is 2.09 bits per heavy atom. The number of hydrogen-bond acceptors (Lipinski definition) is 4. The highest BCUT2D eigenvalue weighted by Gasteiger charge is 2.17. The first-order valence-electron chi connectivity index (χ1n) is 7.81. The number of anilines is 2. The Hall–Kier alpha value is -1.50. The van der Waals surface area contributed by atoms with Gasteiger partial charge in [-0.15, -0.1) is 0 Å². The van der Waals surface area contributed by atoms with E-state index in [1.807, 2.05) is 31.1 Å². The molecule has 1 aliphatic rings. The summed E-state index contributed by atoms with van der Waals surface area (Å²) in [4.78, 5) is 16.2. The number of carbonyl (C=O) groups excluding carboxylic acids is 1. The number of nitrogens with zero attached hydrogens (tertiary/aromatic N) is 2. The van der Waals surface area contributed by atoms with E-state index in [9.17, 15) is 4.79 Å². The van der Waals surface area contributed by atoms with Crippen molar-refractivity contribution >= 4 is 29.0 Å². The molecular formula is C16H25ClN4O2. The summed E-state index contributed by atoms with van der Waals surface area (Å²) in [5.41, 5.74) is 1.59. The van der Waals surface area contributed by atoms with Crippen LogP contribution >= 0.6 is 11.6 Å². The maximum absolute atomic E-state index is 12.0. The number of carbonyl (C=O) groups is 1. The number of rotatable bonds is 5. The minimum Gasteiger partial charge on any atom is -0.379 e. The molecule has 23 heavy (non-hydrogen) atoms. The number of urea groups is 1. The second-order valence-electron chi connectivity index (χ2n) is 5.89. The van der Waals surface area contributed by atoms with Gasteiger partial charge in [-0.2, -0.15) is 0 Å². The smallest absolute Gasteiger partial charge is 0.319 e. The Bertz CT molecular complexity index is 533. The van der Waals surface area contributed by atoms with Gasteiger partial charge in [-0.25, -0.2) is 4.79 Å². The Morgan fingerprint density at radius 3 is 2.70 bits per heavy atom. The van der Waals surface area contributed by atoms with E-state index >= 15 is 0 Å². The van der Waals surface area contributed by atoms with Crippen molar-refractivity contribution < 1.29 is 9.53 Å². The summed E-state index contributed by atoms with van der Waals surface area (Å²) < 4.78 is 5.33. The second kappa shape index (κ2) is 8.38. The molecule has 0 bridgehead atoms. The predicted octanol–water partition coefficient (Wildman–Crippen LogP) is 2.25. The summed E-state index contributed by atoms with van der Waals surface area (Å²) in [5.74, 6) is 0. The lowest BCUT2D eigenvalue weighted by Gasteiger charge is -2.32. The second-order valence-corrected chi connectivity index (χ2v) is 6.30. The number of ether oxygens (including phenoxy) is 1. The van der Waals surface area contributed by atoms with Crippen LogP contribution in [0, 0.1) is 0 Å². The van der Waals surface area contributed by atoms with Gasteiger partial charge in [0.05, 0.1) is 23.9 Å². The van der Waals surface area contributed by atoms with Crippen molar-refractivity contribution in [3.05, 3.63) is 23.2 Å². The number of nitrogens with one attached hydrogen (secondary N) is 2. The molecule has 7 heteroatoms. The number of hydrogen-bond donors (Lipinski definition) is 2. The lowest BCUT2D eigenvalue weighted by atomic mass is 10.2. The molecule has 2 N–H and O–H groups in total. The molecule has 1 unspecified atom stereocenters. The minimum absolute atomic E-state index is 0.223. The van der Waals surface area contributed by atoms with Crippen LogP contribution in [-0.4, -0.2) is 63.9 Å². The van der Waals surface area contributed by atoms with Crippen molar-refractivity contribution in [3.8, 4) is 0 Å². The van der Waals surface area contributed by atoms with Gasteiger partial charge < -0.3 is 20.3 Å². The van der Waals surface area contributed by atoms with Gasteiger partial charge in [0.25, 0.3) is 0 Å². The van der Waals surface area contributed by atoms with Crippen LogP contribution in [0.3, 0.4) is 0 Å². The van der Waals surface area contributed by atoms with Gasteiger partial charge in [-0.05, 0) is 25.1 Å². The summed E-state index contributed by atoms with van der Waals surface area (Å²) in [7, 11) is 3.85. The van der Waals surface area contributed by atoms with E-state index in [0.29, 0.717) is 17.3 Å². The molecule has 0 spiro atoms. The third-order valence-corrected chi connectivity index (χ3v) is 4.22. The normalized spacial score (nSPS) is 16.7. The topological polar surface area (TPSA) is 56.8 Å². The molecule has 0 saturated carbocycles. The lowest BCUT2D eigenvalue weighted by molar-refractivity contribution is 0.0209. The predicted molar refractivity (Wildman–Crippen MR) is 94.7 cm³/mol. The molecule has 128 valence electrons. The highest BCUT2D eigenvalue weighted by molar-refractivity contribution is 6.33. The third-order valence-electron chi connectivity index (χ3n) is 3.91. The molecule has 1 heterocycles. The first-order valence-corrected chi connectivity index (χ1v) is 8.18. The Kier molecular flexibility index (Phi) is 6.50. The Labute approximate surface area is 142 Å². The van der Waals surface area contributed by atoms with Crippen LogP contribution in [0.25, 0.3) is 0 Å². The molecule has 0 radical (unpaired) electrons. The van der Waals surface area contributed by atoms with Crippen molar-refractivity contribution in [2.75, 3.05) is 57.2 Å². The number of morpholine rings is 1. The quantitative estimate of drug-likeness (QED) is 0.863. The van der Waals surface area contributed by atoms with E-state index in [1.54, 1.807) is 6.07 Å². The average molecular weight is 341 g/mol. The van der Waals surface area contributed by atoms with E-state index in [-0.39, 0.29) is 12.1 Å². The highest BCUT2D eigenvalue weighted by atomic mass is 35.5. The monoisotopic (exact) mass is 340 g/mol. The third kappa shape index (κ3) is 5.27. The van der Waals surface area contributed by atoms with Crippen molar-refractivity contribution in [1.82, 2.24) is 10.2 Å². The van der Waals surface area contributed by atoms with E-state index in [0.717, 1.165) is 32.0 Å². The maximum Gasteiger partial charge on any atom is 0.319 e. The van der Waals surface area contributed by atoms with Crippen LogP contribution in [0.15, 0.2) is 18.2 Å². The van der Waals surface area contributed by atoms with E-state index in [4.69, 9.17) is 16.3 Å². The zero-order valence-corrected chi connectivity index (χ0v) is 14.7. The summed E-state index contributed by atoms with van der Waals surface area (Å²) >= 11 is 6.21. The van der Waals surface area contributed by atoms with Gasteiger partial charge in [-0.3, -0.25) is 4.90 Å². The van der Waals surface area contributed by atoms with Crippen LogP contribution in [0.2, 0.25) is 5.02 Å². The molecule has 2 amide bonds. The standard InChI is InChI=1S/C16H25ClN4O2/c1-12(21-6-8-23-9-7-21)11-18-16(22)19-13-4-5-15(20(2)3)14(17)10-13/h4-5,10,12H,6-9,11H2,1-3H3,(H2,18,19,22). The zero-order chi connectivity index (χ0) is 16.8. The van der Waals surface area contributed by atoms with E-state index in [2.05, 4.69) is 22.5 Å². The van der Waals surface area contributed by atoms with Gasteiger partial charge in [0, 0.05) is 45.5 Å². The van der Waals surface area contributed by atoms with Gasteiger partial charge in [0.1, 0.15) is 0 Å². The molecule has 0 aromatic heterocycles. The van der Waals surface area contributed by atoms with Crippen LogP contribution in [0.5, 0.6) is 0 Å². The summed E-state index contributed by atoms with van der Waals surface area (Å²) in [6.07, 6.45) is 0. The molecule has 0 aliphatic carbocycles. The number of benzene rings is 1. The average Bonchev–Trinajstić information content (AvgIpc) is 2.53. The molecular weight excluding hydrogens is 316 g/mol. The van der Waals surface area contributed by atoms with Crippen molar-refractivity contribution in [3.63, 3.8) is 0 Å². The summed E-state index contributed by atoms with van der Waals surface area (Å²) in [5, 5.41) is 6.32. The Morgan fingerprint density at radius 1 is 1.39 bits per heavy atom. The summed E-state index contributed by atoms with van der Waals surface area (Å²) in [6, 6.07) is 5.53. The number of amides is 2. The van der Waals surface area contributed by atoms with Gasteiger partial charge in [0.15, 0.2) is 0 Å². The van der Waals surface area contributed by atoms with Gasteiger partial charge >= 0.3 is 6.03 Å². The van der Waals surface area contributed by atoms with E-state index in [1.165, 1.54) is 0 Å². The van der Waals surface area contributed by atoms with Crippen LogP contribution in [0.1, 0.15) is 6.92 Å². The fourth-order valence-corrected chi connectivity index (χ4v) is 2.86. The minimum atomic E-state index is -0.223. The van der Waals surface area contributed by atoms with Crippen molar-refractivity contribution in [2.24, 2.45) is 0 Å². The van der Waals surface area contributed by atoms with Crippen LogP contribution in [-0.2, 0) is 4.74 Å². The summed E-state index contributed by atoms with van der Waals surface area (Å²) in [6.45, 7) is 6.03. The maximum atomic E-state index is 12.0. The van der Waals surface area contributed by atoms with E-state index < -0.39 is 0 Å². The number of halogens is 1.